The lowest BCUT2D eigenvalue weighted by molar-refractivity contribution is -0.198. The Morgan fingerprint density at radius 3 is 1.92 bits per heavy atom. The van der Waals surface area contributed by atoms with Gasteiger partial charge in [0.1, 0.15) is 11.4 Å². The molecule has 0 amide bonds. The zero-order valence-corrected chi connectivity index (χ0v) is 23.4. The number of ether oxygens (including phenoxy) is 2. The molecule has 1 heterocycles. The van der Waals surface area contributed by atoms with Crippen LogP contribution in [0.25, 0.3) is 0 Å². The fourth-order valence-corrected chi connectivity index (χ4v) is 5.79. The van der Waals surface area contributed by atoms with Gasteiger partial charge in [0.15, 0.2) is 0 Å². The number of piperidine rings is 1. The second-order valence-corrected chi connectivity index (χ2v) is 12.1. The summed E-state index contributed by atoms with van der Waals surface area (Å²) < 4.78 is 52.9. The molecule has 4 nitrogen and oxygen atoms in total. The van der Waals surface area contributed by atoms with E-state index in [1.54, 1.807) is 24.3 Å². The number of halogens is 3. The molecular formula is C32H42F3NO3. The number of likely N-dealkylation sites (tertiary alicyclic amines) is 1. The van der Waals surface area contributed by atoms with Crippen molar-refractivity contribution in [3.05, 3.63) is 65.2 Å². The van der Waals surface area contributed by atoms with Gasteiger partial charge in [-0.1, -0.05) is 55.7 Å². The van der Waals surface area contributed by atoms with E-state index in [0.29, 0.717) is 24.8 Å². The number of alkyl halides is 3. The molecule has 214 valence electrons. The van der Waals surface area contributed by atoms with Gasteiger partial charge >= 0.3 is 12.1 Å². The standard InChI is InChI=1S/C32H42F3NO3/c1-31(2,3)39-29(37)19-22-36-20-17-26(18-21-36)25-13-15-28(16-14-25)38-30(32(33,34)35)27-11-9-24(10-12-27)23-7-5-4-6-8-23/h9-16,23,26,30H,4-8,17-22H2,1-3H3. The minimum absolute atomic E-state index is 0.130. The number of hydrogen-bond acceptors (Lipinski definition) is 4. The molecule has 7 heteroatoms. The summed E-state index contributed by atoms with van der Waals surface area (Å²) in [6.45, 7) is 8.02. The van der Waals surface area contributed by atoms with Crippen LogP contribution in [0.5, 0.6) is 5.75 Å². The van der Waals surface area contributed by atoms with E-state index in [1.807, 2.05) is 45.0 Å². The van der Waals surface area contributed by atoms with Crippen LogP contribution in [0.1, 0.15) is 107 Å². The fraction of sp³-hybridized carbons (Fsp3) is 0.594. The molecule has 0 aromatic heterocycles. The van der Waals surface area contributed by atoms with Crippen LogP contribution in [0.3, 0.4) is 0 Å². The molecule has 1 saturated heterocycles. The van der Waals surface area contributed by atoms with Gasteiger partial charge in [0, 0.05) is 12.1 Å². The summed E-state index contributed by atoms with van der Waals surface area (Å²) in [5.74, 6) is 0.815. The molecule has 2 aromatic carbocycles. The molecule has 1 unspecified atom stereocenters. The highest BCUT2D eigenvalue weighted by atomic mass is 19.4. The van der Waals surface area contributed by atoms with Gasteiger partial charge in [0.05, 0.1) is 6.42 Å². The van der Waals surface area contributed by atoms with Crippen molar-refractivity contribution in [3.8, 4) is 5.75 Å². The molecule has 1 aliphatic heterocycles. The lowest BCUT2D eigenvalue weighted by Gasteiger charge is -2.32. The summed E-state index contributed by atoms with van der Waals surface area (Å²) in [6, 6.07) is 13.9. The summed E-state index contributed by atoms with van der Waals surface area (Å²) in [5, 5.41) is 0. The van der Waals surface area contributed by atoms with Crippen molar-refractivity contribution in [2.24, 2.45) is 0 Å². The average Bonchev–Trinajstić information content (AvgIpc) is 2.90. The lowest BCUT2D eigenvalue weighted by atomic mass is 9.84. The number of carbonyl (C=O) groups is 1. The van der Waals surface area contributed by atoms with Gasteiger partial charge < -0.3 is 14.4 Å². The Kier molecular flexibility index (Phi) is 9.63. The van der Waals surface area contributed by atoms with Crippen LogP contribution in [0.4, 0.5) is 13.2 Å². The van der Waals surface area contributed by atoms with E-state index in [-0.39, 0.29) is 17.3 Å². The van der Waals surface area contributed by atoms with Gasteiger partial charge in [-0.15, -0.1) is 0 Å². The Bertz CT molecular complexity index is 1050. The molecule has 4 rings (SSSR count). The number of hydrogen-bond donors (Lipinski definition) is 0. The first kappa shape index (κ1) is 29.4. The van der Waals surface area contributed by atoms with Gasteiger partial charge in [-0.3, -0.25) is 4.79 Å². The Labute approximate surface area is 230 Å². The van der Waals surface area contributed by atoms with Gasteiger partial charge in [0.2, 0.25) is 6.10 Å². The van der Waals surface area contributed by atoms with E-state index in [9.17, 15) is 18.0 Å². The van der Waals surface area contributed by atoms with E-state index < -0.39 is 17.9 Å². The van der Waals surface area contributed by atoms with E-state index in [1.165, 1.54) is 19.3 Å². The molecule has 2 fully saturated rings. The highest BCUT2D eigenvalue weighted by Gasteiger charge is 2.43. The van der Waals surface area contributed by atoms with Crippen molar-refractivity contribution in [1.82, 2.24) is 4.90 Å². The summed E-state index contributed by atoms with van der Waals surface area (Å²) >= 11 is 0. The van der Waals surface area contributed by atoms with E-state index in [4.69, 9.17) is 9.47 Å². The van der Waals surface area contributed by atoms with E-state index in [2.05, 4.69) is 4.90 Å². The molecule has 1 saturated carbocycles. The maximum absolute atomic E-state index is 14.0. The molecule has 0 bridgehead atoms. The number of benzene rings is 2. The van der Waals surface area contributed by atoms with Crippen LogP contribution >= 0.6 is 0 Å². The van der Waals surface area contributed by atoms with Crippen LogP contribution in [0.15, 0.2) is 48.5 Å². The number of nitrogens with zero attached hydrogens (tertiary/aromatic N) is 1. The monoisotopic (exact) mass is 545 g/mol. The molecule has 39 heavy (non-hydrogen) atoms. The molecule has 0 spiro atoms. The van der Waals surface area contributed by atoms with E-state index >= 15 is 0 Å². The first-order valence-electron chi connectivity index (χ1n) is 14.4. The zero-order chi connectivity index (χ0) is 28.0. The zero-order valence-electron chi connectivity index (χ0n) is 23.4. The van der Waals surface area contributed by atoms with Crippen molar-refractivity contribution in [3.63, 3.8) is 0 Å². The van der Waals surface area contributed by atoms with Crippen molar-refractivity contribution >= 4 is 5.97 Å². The van der Waals surface area contributed by atoms with Crippen LogP contribution in [0, 0.1) is 0 Å². The molecule has 2 aromatic rings. The fourth-order valence-electron chi connectivity index (χ4n) is 5.79. The maximum Gasteiger partial charge on any atom is 0.429 e. The number of esters is 1. The third kappa shape index (κ3) is 8.72. The maximum atomic E-state index is 14.0. The van der Waals surface area contributed by atoms with Gasteiger partial charge in [-0.05, 0) is 94.6 Å². The smallest absolute Gasteiger partial charge is 0.429 e. The second kappa shape index (κ2) is 12.8. The van der Waals surface area contributed by atoms with Gasteiger partial charge in [0.25, 0.3) is 0 Å². The molecule has 0 N–H and O–H groups in total. The SMILES string of the molecule is CC(C)(C)OC(=O)CCN1CCC(c2ccc(OC(c3ccc(C4CCCCC4)cc3)C(F)(F)F)cc2)CC1. The molecule has 1 atom stereocenters. The Hall–Kier alpha value is -2.54. The van der Waals surface area contributed by atoms with E-state index in [0.717, 1.165) is 49.9 Å². The van der Waals surface area contributed by atoms with Crippen molar-refractivity contribution in [2.75, 3.05) is 19.6 Å². The number of carbonyl (C=O) groups excluding carboxylic acids is 1. The third-order valence-corrected chi connectivity index (χ3v) is 7.86. The Balaban J connectivity index is 1.31. The minimum atomic E-state index is -4.52. The Morgan fingerprint density at radius 2 is 1.38 bits per heavy atom. The third-order valence-electron chi connectivity index (χ3n) is 7.86. The summed E-state index contributed by atoms with van der Waals surface area (Å²) in [5.41, 5.74) is 1.89. The topological polar surface area (TPSA) is 38.8 Å². The first-order valence-corrected chi connectivity index (χ1v) is 14.4. The first-order chi connectivity index (χ1) is 18.5. The van der Waals surface area contributed by atoms with Crippen molar-refractivity contribution < 1.29 is 27.4 Å². The molecule has 0 radical (unpaired) electrons. The minimum Gasteiger partial charge on any atom is -0.476 e. The quantitative estimate of drug-likeness (QED) is 0.313. The molecular weight excluding hydrogens is 503 g/mol. The van der Waals surface area contributed by atoms with Crippen LogP contribution in [0.2, 0.25) is 0 Å². The van der Waals surface area contributed by atoms with Crippen molar-refractivity contribution in [1.29, 1.82) is 0 Å². The highest BCUT2D eigenvalue weighted by molar-refractivity contribution is 5.70. The van der Waals surface area contributed by atoms with Gasteiger partial charge in [-0.2, -0.15) is 13.2 Å². The van der Waals surface area contributed by atoms with Crippen LogP contribution in [-0.4, -0.2) is 42.3 Å². The average molecular weight is 546 g/mol. The second-order valence-electron chi connectivity index (χ2n) is 12.1. The van der Waals surface area contributed by atoms with Gasteiger partial charge in [-0.25, -0.2) is 0 Å². The normalized spacial score (nSPS) is 19.0. The highest BCUT2D eigenvalue weighted by Crippen LogP contribution is 2.39. The number of rotatable bonds is 8. The Morgan fingerprint density at radius 1 is 0.846 bits per heavy atom. The summed E-state index contributed by atoms with van der Waals surface area (Å²) in [7, 11) is 0. The summed E-state index contributed by atoms with van der Waals surface area (Å²) in [6.07, 6.45) is 1.55. The lowest BCUT2D eigenvalue weighted by Crippen LogP contribution is -2.35. The van der Waals surface area contributed by atoms with Crippen molar-refractivity contribution in [2.45, 2.75) is 102 Å². The summed E-state index contributed by atoms with van der Waals surface area (Å²) in [4.78, 5) is 14.3. The predicted octanol–water partition coefficient (Wildman–Crippen LogP) is 8.33. The van der Waals surface area contributed by atoms with Crippen LogP contribution in [-0.2, 0) is 9.53 Å². The molecule has 2 aliphatic rings. The largest absolute Gasteiger partial charge is 0.476 e. The molecule has 1 aliphatic carbocycles. The van der Waals surface area contributed by atoms with Crippen LogP contribution < -0.4 is 4.74 Å². The predicted molar refractivity (Wildman–Crippen MR) is 147 cm³/mol.